The maximum Gasteiger partial charge on any atom is 0.490 e. The number of aliphatic hydroxyl groups is 1. The van der Waals surface area contributed by atoms with Crippen LogP contribution in [0.3, 0.4) is 0 Å². The fourth-order valence-corrected chi connectivity index (χ4v) is 3.53. The Morgan fingerprint density at radius 3 is 1.98 bits per heavy atom. The Morgan fingerprint density at radius 2 is 1.52 bits per heavy atom. The number of halogens is 9. The van der Waals surface area contributed by atoms with E-state index < -0.39 is 54.7 Å². The van der Waals surface area contributed by atoms with Gasteiger partial charge in [0.2, 0.25) is 0 Å². The summed E-state index contributed by atoms with van der Waals surface area (Å²) in [6, 6.07) is 1.65. The van der Waals surface area contributed by atoms with Crippen molar-refractivity contribution in [3.8, 4) is 11.3 Å². The highest BCUT2D eigenvalue weighted by molar-refractivity contribution is 5.95. The van der Waals surface area contributed by atoms with Crippen LogP contribution in [0.5, 0.6) is 0 Å². The van der Waals surface area contributed by atoms with Gasteiger partial charge in [-0.3, -0.25) is 4.79 Å². The summed E-state index contributed by atoms with van der Waals surface area (Å²) in [5.41, 5.74) is -1.03. The summed E-state index contributed by atoms with van der Waals surface area (Å²) in [6.07, 6.45) is -12.6. The number of amides is 1. The molecule has 0 spiro atoms. The molecule has 1 fully saturated rings. The molecule has 17 heteroatoms. The maximum absolute atomic E-state index is 12.9. The van der Waals surface area contributed by atoms with Gasteiger partial charge in [0.15, 0.2) is 11.5 Å². The fraction of sp³-hybridized carbons (Fsp3) is 0.522. The number of benzene rings is 1. The van der Waals surface area contributed by atoms with Gasteiger partial charge in [-0.1, -0.05) is 17.3 Å². The van der Waals surface area contributed by atoms with Crippen LogP contribution in [0.25, 0.3) is 11.3 Å². The SMILES string of the molecule is CC(NCc1c(C(=O)NC2CCC(O)CC2)noc1-c1ccc(C(F)(F)F)cc1)C(F)(F)F.O=C(O)C(F)(F)F. The van der Waals surface area contributed by atoms with E-state index in [0.29, 0.717) is 25.7 Å². The molecule has 1 saturated carbocycles. The molecule has 1 aliphatic carbocycles. The third-order valence-corrected chi connectivity index (χ3v) is 5.83. The molecule has 1 aromatic carbocycles. The molecule has 0 saturated heterocycles. The molecule has 4 N–H and O–H groups in total. The topological polar surface area (TPSA) is 125 Å². The van der Waals surface area contributed by atoms with Gasteiger partial charge in [0.1, 0.15) is 6.04 Å². The Morgan fingerprint density at radius 1 is 1.00 bits per heavy atom. The number of hydrogen-bond donors (Lipinski definition) is 4. The third-order valence-electron chi connectivity index (χ3n) is 5.83. The Balaban J connectivity index is 0.000000708. The van der Waals surface area contributed by atoms with Crippen molar-refractivity contribution >= 4 is 11.9 Å². The second-order valence-electron chi connectivity index (χ2n) is 8.84. The number of carboxylic acids is 1. The summed E-state index contributed by atoms with van der Waals surface area (Å²) in [6.45, 7) is 0.449. The number of nitrogens with zero attached hydrogens (tertiary/aromatic N) is 1. The van der Waals surface area contributed by atoms with E-state index in [-0.39, 0.29) is 28.6 Å². The van der Waals surface area contributed by atoms with Gasteiger partial charge in [-0.15, -0.1) is 0 Å². The van der Waals surface area contributed by atoms with Crippen molar-refractivity contribution in [3.05, 3.63) is 41.1 Å². The monoisotopic (exact) mass is 593 g/mol. The minimum absolute atomic E-state index is 0.000738. The zero-order valence-electron chi connectivity index (χ0n) is 20.5. The molecule has 1 aromatic heterocycles. The number of alkyl halides is 9. The molecular formula is C23H24F9N3O5. The summed E-state index contributed by atoms with van der Waals surface area (Å²) in [4.78, 5) is 21.7. The highest BCUT2D eigenvalue weighted by Gasteiger charge is 2.38. The average Bonchev–Trinajstić information content (AvgIpc) is 3.26. The summed E-state index contributed by atoms with van der Waals surface area (Å²) in [7, 11) is 0. The number of hydrogen-bond acceptors (Lipinski definition) is 6. The molecule has 0 radical (unpaired) electrons. The van der Waals surface area contributed by atoms with Crippen LogP contribution in [0, 0.1) is 0 Å². The van der Waals surface area contributed by atoms with Crippen LogP contribution in [-0.2, 0) is 17.5 Å². The third kappa shape index (κ3) is 9.39. The smallest absolute Gasteiger partial charge is 0.475 e. The molecule has 8 nitrogen and oxygen atoms in total. The number of carboxylic acid groups (broad SMARTS) is 1. The van der Waals surface area contributed by atoms with Gasteiger partial charge in [0.05, 0.1) is 11.7 Å². The van der Waals surface area contributed by atoms with Crippen molar-refractivity contribution in [2.75, 3.05) is 0 Å². The van der Waals surface area contributed by atoms with Crippen LogP contribution in [0.2, 0.25) is 0 Å². The number of carbonyl (C=O) groups excluding carboxylic acids is 1. The van der Waals surface area contributed by atoms with Crippen LogP contribution < -0.4 is 10.6 Å². The lowest BCUT2D eigenvalue weighted by Crippen LogP contribution is -2.41. The van der Waals surface area contributed by atoms with Crippen molar-refractivity contribution < 1.29 is 63.8 Å². The molecule has 1 unspecified atom stereocenters. The average molecular weight is 593 g/mol. The molecule has 1 atom stereocenters. The second kappa shape index (κ2) is 12.9. The Kier molecular flexibility index (Phi) is 10.6. The second-order valence-corrected chi connectivity index (χ2v) is 8.84. The number of aliphatic hydroxyl groups excluding tert-OH is 1. The van der Waals surface area contributed by atoms with Crippen LogP contribution in [0.1, 0.15) is 54.2 Å². The first kappa shape index (κ1) is 32.9. The Bertz CT molecular complexity index is 1140. The van der Waals surface area contributed by atoms with E-state index in [1.165, 1.54) is 0 Å². The van der Waals surface area contributed by atoms with Crippen LogP contribution in [-0.4, -0.2) is 57.8 Å². The molecule has 40 heavy (non-hydrogen) atoms. The summed E-state index contributed by atoms with van der Waals surface area (Å²) < 4.78 is 114. The van der Waals surface area contributed by atoms with Gasteiger partial charge < -0.3 is 25.4 Å². The van der Waals surface area contributed by atoms with E-state index in [1.807, 2.05) is 0 Å². The van der Waals surface area contributed by atoms with E-state index in [1.54, 1.807) is 0 Å². The standard InChI is InChI=1S/C21H23F6N3O3.C2HF3O2/c1-11(20(22,23)24)28-10-16-17(19(32)29-14-6-8-15(31)9-7-14)30-33-18(16)12-2-4-13(5-3-12)21(25,26)27;3-2(4,5)1(6)7/h2-5,11,14-15,28,31H,6-10H2,1H3,(H,29,32);(H,6,7). The first-order valence-electron chi connectivity index (χ1n) is 11.6. The first-order valence-corrected chi connectivity index (χ1v) is 11.6. The molecule has 3 rings (SSSR count). The number of rotatable bonds is 6. The molecule has 0 bridgehead atoms. The molecule has 0 aliphatic heterocycles. The molecule has 2 aromatic rings. The number of aromatic nitrogens is 1. The molecule has 224 valence electrons. The van der Waals surface area contributed by atoms with Crippen LogP contribution in [0.15, 0.2) is 28.8 Å². The lowest BCUT2D eigenvalue weighted by Gasteiger charge is -2.26. The maximum atomic E-state index is 12.9. The predicted molar refractivity (Wildman–Crippen MR) is 119 cm³/mol. The number of aliphatic carboxylic acids is 1. The lowest BCUT2D eigenvalue weighted by molar-refractivity contribution is -0.192. The van der Waals surface area contributed by atoms with E-state index in [0.717, 1.165) is 31.2 Å². The fourth-order valence-electron chi connectivity index (χ4n) is 3.53. The molecule has 1 aliphatic rings. The highest BCUT2D eigenvalue weighted by atomic mass is 19.4. The quantitative estimate of drug-likeness (QED) is 0.345. The number of carbonyl (C=O) groups is 2. The molecule has 1 amide bonds. The summed E-state index contributed by atoms with van der Waals surface area (Å²) in [5.74, 6) is -3.53. The van der Waals surface area contributed by atoms with E-state index >= 15 is 0 Å². The van der Waals surface area contributed by atoms with Crippen LogP contribution >= 0.6 is 0 Å². The van der Waals surface area contributed by atoms with Gasteiger partial charge >= 0.3 is 24.5 Å². The number of nitrogens with one attached hydrogen (secondary N) is 2. The van der Waals surface area contributed by atoms with Crippen molar-refractivity contribution in [1.29, 1.82) is 0 Å². The predicted octanol–water partition coefficient (Wildman–Crippen LogP) is 5.07. The van der Waals surface area contributed by atoms with E-state index in [2.05, 4.69) is 15.8 Å². The van der Waals surface area contributed by atoms with Crippen molar-refractivity contribution in [2.24, 2.45) is 0 Å². The largest absolute Gasteiger partial charge is 0.490 e. The van der Waals surface area contributed by atoms with Crippen molar-refractivity contribution in [1.82, 2.24) is 15.8 Å². The molecular weight excluding hydrogens is 569 g/mol. The van der Waals surface area contributed by atoms with Gasteiger partial charge in [0.25, 0.3) is 5.91 Å². The minimum atomic E-state index is -5.08. The zero-order chi connectivity index (χ0) is 30.5. The van der Waals surface area contributed by atoms with Gasteiger partial charge in [-0.05, 0) is 44.7 Å². The van der Waals surface area contributed by atoms with Crippen LogP contribution in [0.4, 0.5) is 39.5 Å². The summed E-state index contributed by atoms with van der Waals surface area (Å²) in [5, 5.41) is 25.4. The van der Waals surface area contributed by atoms with E-state index in [9.17, 15) is 49.4 Å². The van der Waals surface area contributed by atoms with Gasteiger partial charge in [-0.25, -0.2) is 4.79 Å². The molecule has 1 heterocycles. The Labute approximate surface area is 220 Å². The Hall–Kier alpha value is -3.34. The highest BCUT2D eigenvalue weighted by Crippen LogP contribution is 2.33. The van der Waals surface area contributed by atoms with Crippen molar-refractivity contribution in [2.45, 2.75) is 75.9 Å². The van der Waals surface area contributed by atoms with Gasteiger partial charge in [-0.2, -0.15) is 39.5 Å². The zero-order valence-corrected chi connectivity index (χ0v) is 20.5. The van der Waals surface area contributed by atoms with Gasteiger partial charge in [0, 0.05) is 23.7 Å². The lowest BCUT2D eigenvalue weighted by atomic mass is 9.93. The normalized spacial score (nSPS) is 18.9. The first-order chi connectivity index (χ1) is 18.3. The van der Waals surface area contributed by atoms with E-state index in [4.69, 9.17) is 14.4 Å². The van der Waals surface area contributed by atoms with Crippen molar-refractivity contribution in [3.63, 3.8) is 0 Å². The summed E-state index contributed by atoms with van der Waals surface area (Å²) >= 11 is 0. The minimum Gasteiger partial charge on any atom is -0.475 e.